The summed E-state index contributed by atoms with van der Waals surface area (Å²) in [5, 5.41) is 5.47. The predicted octanol–water partition coefficient (Wildman–Crippen LogP) is 2.76. The van der Waals surface area contributed by atoms with Crippen molar-refractivity contribution in [1.29, 1.82) is 0 Å². The Hall–Kier alpha value is -3.26. The predicted molar refractivity (Wildman–Crippen MR) is 116 cm³/mol. The molecule has 3 heterocycles. The van der Waals surface area contributed by atoms with Gasteiger partial charge in [-0.25, -0.2) is 9.07 Å². The Kier molecular flexibility index (Phi) is 5.38. The molecule has 1 aromatic heterocycles. The molecule has 32 heavy (non-hydrogen) atoms. The van der Waals surface area contributed by atoms with Crippen LogP contribution in [0.5, 0.6) is 5.75 Å². The number of aromatic nitrogens is 2. The maximum atomic E-state index is 13.1. The number of carbonyl (C=O) groups excluding carboxylic acids is 1. The quantitative estimate of drug-likeness (QED) is 0.628. The Labute approximate surface area is 184 Å². The first-order valence-electron chi connectivity index (χ1n) is 10.8. The molecule has 166 valence electrons. The van der Waals surface area contributed by atoms with Gasteiger partial charge in [0.15, 0.2) is 0 Å². The lowest BCUT2D eigenvalue weighted by Gasteiger charge is -2.39. The molecule has 2 aliphatic rings. The lowest BCUT2D eigenvalue weighted by molar-refractivity contribution is -0.140. The minimum Gasteiger partial charge on any atom is -0.488 e. The van der Waals surface area contributed by atoms with Crippen LogP contribution >= 0.6 is 0 Å². The van der Waals surface area contributed by atoms with Gasteiger partial charge in [0.05, 0.1) is 23.8 Å². The molecular formula is C24H24FN3O4. The molecule has 8 heteroatoms. The van der Waals surface area contributed by atoms with Crippen LogP contribution in [-0.2, 0) is 16.1 Å². The van der Waals surface area contributed by atoms with Gasteiger partial charge in [-0.05, 0) is 43.2 Å². The average Bonchev–Trinajstić information content (AvgIpc) is 3.18. The third kappa shape index (κ3) is 4.10. The Morgan fingerprint density at radius 1 is 1.22 bits per heavy atom. The summed E-state index contributed by atoms with van der Waals surface area (Å²) in [6.07, 6.45) is 3.77. The highest BCUT2D eigenvalue weighted by Gasteiger charge is 2.45. The van der Waals surface area contributed by atoms with Gasteiger partial charge in [0, 0.05) is 24.9 Å². The largest absolute Gasteiger partial charge is 0.488 e. The van der Waals surface area contributed by atoms with Crippen LogP contribution in [0.1, 0.15) is 19.3 Å². The maximum absolute atomic E-state index is 13.1. The standard InChI is InChI=1S/C24H24FN3O4/c25-18-6-8-19(9-7-18)32-20-12-24(31-15-20)10-3-11-27(16-24)22(29)14-28-23(30)21-5-2-1-4-17(21)13-26-28/h1-2,4-9,13,20H,3,10-12,14-16H2/t20-,24+/m1/s1. The fourth-order valence-electron chi connectivity index (χ4n) is 4.65. The fourth-order valence-corrected chi connectivity index (χ4v) is 4.65. The zero-order valence-electron chi connectivity index (χ0n) is 17.6. The number of likely N-dealkylation sites (tertiary alicyclic amines) is 1. The van der Waals surface area contributed by atoms with Crippen LogP contribution in [0.25, 0.3) is 10.8 Å². The molecule has 7 nitrogen and oxygen atoms in total. The summed E-state index contributed by atoms with van der Waals surface area (Å²) >= 11 is 0. The molecule has 0 unspecified atom stereocenters. The molecule has 2 saturated heterocycles. The van der Waals surface area contributed by atoms with Gasteiger partial charge in [-0.3, -0.25) is 9.59 Å². The molecular weight excluding hydrogens is 413 g/mol. The smallest absolute Gasteiger partial charge is 0.275 e. The number of benzene rings is 2. The number of ether oxygens (including phenoxy) is 2. The highest BCUT2D eigenvalue weighted by Crippen LogP contribution is 2.36. The minimum absolute atomic E-state index is 0.102. The van der Waals surface area contributed by atoms with Crippen molar-refractivity contribution in [1.82, 2.24) is 14.7 Å². The van der Waals surface area contributed by atoms with Crippen LogP contribution in [-0.4, -0.2) is 52.0 Å². The van der Waals surface area contributed by atoms with E-state index < -0.39 is 5.60 Å². The summed E-state index contributed by atoms with van der Waals surface area (Å²) in [6.45, 7) is 1.40. The van der Waals surface area contributed by atoms with Gasteiger partial charge in [-0.2, -0.15) is 5.10 Å². The average molecular weight is 437 g/mol. The zero-order valence-corrected chi connectivity index (χ0v) is 17.6. The molecule has 0 radical (unpaired) electrons. The highest BCUT2D eigenvalue weighted by molar-refractivity contribution is 5.81. The van der Waals surface area contributed by atoms with Crippen molar-refractivity contribution in [3.8, 4) is 5.75 Å². The van der Waals surface area contributed by atoms with E-state index in [4.69, 9.17) is 9.47 Å². The summed E-state index contributed by atoms with van der Waals surface area (Å²) in [7, 11) is 0. The number of fused-ring (bicyclic) bond motifs is 1. The number of hydrogen-bond acceptors (Lipinski definition) is 5. The van der Waals surface area contributed by atoms with Crippen molar-refractivity contribution in [3.05, 3.63) is 70.9 Å². The van der Waals surface area contributed by atoms with Gasteiger partial charge in [-0.15, -0.1) is 0 Å². The van der Waals surface area contributed by atoms with Crippen LogP contribution in [0, 0.1) is 5.82 Å². The second-order valence-electron chi connectivity index (χ2n) is 8.51. The highest BCUT2D eigenvalue weighted by atomic mass is 19.1. The Balaban J connectivity index is 1.25. The van der Waals surface area contributed by atoms with Crippen molar-refractivity contribution < 1.29 is 18.7 Å². The molecule has 2 aliphatic heterocycles. The van der Waals surface area contributed by atoms with Gasteiger partial charge >= 0.3 is 0 Å². The number of amides is 1. The van der Waals surface area contributed by atoms with E-state index >= 15 is 0 Å². The molecule has 0 saturated carbocycles. The molecule has 2 fully saturated rings. The maximum Gasteiger partial charge on any atom is 0.275 e. The van der Waals surface area contributed by atoms with E-state index in [9.17, 15) is 14.0 Å². The fraction of sp³-hybridized carbons (Fsp3) is 0.375. The number of nitrogens with zero attached hydrogens (tertiary/aromatic N) is 3. The summed E-state index contributed by atoms with van der Waals surface area (Å²) in [6, 6.07) is 13.1. The van der Waals surface area contributed by atoms with Gasteiger partial charge in [0.2, 0.25) is 5.91 Å². The Bertz CT molecular complexity index is 1200. The molecule has 0 bridgehead atoms. The van der Waals surface area contributed by atoms with Gasteiger partial charge < -0.3 is 14.4 Å². The summed E-state index contributed by atoms with van der Waals surface area (Å²) < 4.78 is 26.4. The lowest BCUT2D eigenvalue weighted by atomic mass is 9.89. The number of rotatable bonds is 4. The first-order chi connectivity index (χ1) is 15.5. The summed E-state index contributed by atoms with van der Waals surface area (Å²) in [5.41, 5.74) is -0.728. The number of carbonyl (C=O) groups is 1. The monoisotopic (exact) mass is 437 g/mol. The molecule has 2 aromatic carbocycles. The van der Waals surface area contributed by atoms with Crippen LogP contribution < -0.4 is 10.3 Å². The van der Waals surface area contributed by atoms with Crippen molar-refractivity contribution in [2.45, 2.75) is 37.5 Å². The second-order valence-corrected chi connectivity index (χ2v) is 8.51. The molecule has 2 atom stereocenters. The Morgan fingerprint density at radius 2 is 2.03 bits per heavy atom. The van der Waals surface area contributed by atoms with Crippen LogP contribution in [0.2, 0.25) is 0 Å². The van der Waals surface area contributed by atoms with Gasteiger partial charge in [-0.1, -0.05) is 18.2 Å². The molecule has 1 amide bonds. The first kappa shape index (κ1) is 20.6. The van der Waals surface area contributed by atoms with Gasteiger partial charge in [0.1, 0.15) is 24.2 Å². The van der Waals surface area contributed by atoms with Crippen LogP contribution in [0.4, 0.5) is 4.39 Å². The van der Waals surface area contributed by atoms with E-state index in [-0.39, 0.29) is 29.9 Å². The topological polar surface area (TPSA) is 73.7 Å². The SMILES string of the molecule is O=C(Cn1ncc2ccccc2c1=O)N1CCC[C@]2(C[C@@H](Oc3ccc(F)cc3)CO2)C1. The van der Waals surface area contributed by atoms with Crippen molar-refractivity contribution in [2.24, 2.45) is 0 Å². The first-order valence-corrected chi connectivity index (χ1v) is 10.8. The number of piperidine rings is 1. The lowest BCUT2D eigenvalue weighted by Crippen LogP contribution is -2.51. The number of hydrogen-bond donors (Lipinski definition) is 0. The van der Waals surface area contributed by atoms with Crippen molar-refractivity contribution >= 4 is 16.7 Å². The van der Waals surface area contributed by atoms with Gasteiger partial charge in [0.25, 0.3) is 5.56 Å². The third-order valence-corrected chi connectivity index (χ3v) is 6.23. The van der Waals surface area contributed by atoms with E-state index in [0.717, 1.165) is 18.2 Å². The molecule has 0 aliphatic carbocycles. The zero-order chi connectivity index (χ0) is 22.1. The molecule has 1 spiro atoms. The van der Waals surface area contributed by atoms with E-state index in [1.807, 2.05) is 12.1 Å². The molecule has 3 aromatic rings. The van der Waals surface area contributed by atoms with E-state index in [2.05, 4.69) is 5.10 Å². The van der Waals surface area contributed by atoms with E-state index in [1.165, 1.54) is 16.8 Å². The number of halogens is 1. The Morgan fingerprint density at radius 3 is 2.88 bits per heavy atom. The van der Waals surface area contributed by atoms with Crippen molar-refractivity contribution in [2.75, 3.05) is 19.7 Å². The van der Waals surface area contributed by atoms with Crippen molar-refractivity contribution in [3.63, 3.8) is 0 Å². The molecule has 0 N–H and O–H groups in total. The molecule has 5 rings (SSSR count). The third-order valence-electron chi connectivity index (χ3n) is 6.23. The minimum atomic E-state index is -0.458. The van der Waals surface area contributed by atoms with Crippen LogP contribution in [0.15, 0.2) is 59.5 Å². The summed E-state index contributed by atoms with van der Waals surface area (Å²) in [4.78, 5) is 27.5. The van der Waals surface area contributed by atoms with E-state index in [1.54, 1.807) is 35.4 Å². The second kappa shape index (κ2) is 8.35. The summed E-state index contributed by atoms with van der Waals surface area (Å²) in [5.74, 6) is 0.140. The normalized spacial score (nSPS) is 23.0. The van der Waals surface area contributed by atoms with E-state index in [0.29, 0.717) is 37.3 Å². The van der Waals surface area contributed by atoms with Crippen LogP contribution in [0.3, 0.4) is 0 Å².